The minimum Gasteiger partial charge on any atom is -0.351 e. The highest BCUT2D eigenvalue weighted by molar-refractivity contribution is 7.91. The molecule has 0 radical (unpaired) electrons. The Bertz CT molecular complexity index is 846. The first-order chi connectivity index (χ1) is 13.5. The number of hydrogen-bond donors (Lipinski definition) is 2. The van der Waals surface area contributed by atoms with E-state index in [2.05, 4.69) is 24.4 Å². The minimum atomic E-state index is -3.39. The summed E-state index contributed by atoms with van der Waals surface area (Å²) in [6, 6.07) is 13.6. The topological polar surface area (TPSA) is 70.9 Å². The Morgan fingerprint density at radius 1 is 1.18 bits per heavy atom. The zero-order valence-electron chi connectivity index (χ0n) is 16.1. The van der Waals surface area contributed by atoms with Gasteiger partial charge in [0.15, 0.2) is 6.54 Å². The van der Waals surface area contributed by atoms with Gasteiger partial charge in [0.25, 0.3) is 15.9 Å². The van der Waals surface area contributed by atoms with Gasteiger partial charge < -0.3 is 10.2 Å². The Kier molecular flexibility index (Phi) is 7.23. The predicted molar refractivity (Wildman–Crippen MR) is 111 cm³/mol. The molecule has 1 fully saturated rings. The van der Waals surface area contributed by atoms with Crippen LogP contribution in [0.1, 0.15) is 24.8 Å². The molecule has 0 unspecified atom stereocenters. The maximum absolute atomic E-state index is 12.6. The number of hydrogen-bond acceptors (Lipinski definition) is 4. The summed E-state index contributed by atoms with van der Waals surface area (Å²) >= 11 is 1.24. The van der Waals surface area contributed by atoms with Crippen LogP contribution >= 0.6 is 11.3 Å². The Labute approximate surface area is 171 Å². The monoisotopic (exact) mass is 422 g/mol. The van der Waals surface area contributed by atoms with Crippen molar-refractivity contribution in [1.29, 1.82) is 0 Å². The fourth-order valence-electron chi connectivity index (χ4n) is 3.51. The molecule has 0 aliphatic carbocycles. The highest BCUT2D eigenvalue weighted by Crippen LogP contribution is 2.20. The third-order valence-electron chi connectivity index (χ3n) is 5.24. The third kappa shape index (κ3) is 5.20. The minimum absolute atomic E-state index is 0.0268. The number of rotatable bonds is 8. The maximum atomic E-state index is 12.6. The van der Waals surface area contributed by atoms with Gasteiger partial charge in [-0.05, 0) is 23.4 Å². The summed E-state index contributed by atoms with van der Waals surface area (Å²) in [5.74, 6) is 0.340. The van der Waals surface area contributed by atoms with E-state index < -0.39 is 10.0 Å². The molecule has 1 amide bonds. The van der Waals surface area contributed by atoms with Gasteiger partial charge in [-0.15, -0.1) is 11.3 Å². The van der Waals surface area contributed by atoms with Crippen LogP contribution in [0, 0.1) is 0 Å². The lowest BCUT2D eigenvalue weighted by atomic mass is 9.96. The van der Waals surface area contributed by atoms with Gasteiger partial charge >= 0.3 is 0 Å². The van der Waals surface area contributed by atoms with Crippen molar-refractivity contribution >= 4 is 27.3 Å². The van der Waals surface area contributed by atoms with Gasteiger partial charge in [0, 0.05) is 12.5 Å². The van der Waals surface area contributed by atoms with Gasteiger partial charge in [0.2, 0.25) is 0 Å². The van der Waals surface area contributed by atoms with Crippen LogP contribution in [-0.2, 0) is 14.8 Å². The van der Waals surface area contributed by atoms with Crippen molar-refractivity contribution < 1.29 is 18.1 Å². The first-order valence-corrected chi connectivity index (χ1v) is 12.0. The van der Waals surface area contributed by atoms with Gasteiger partial charge in [-0.25, -0.2) is 8.42 Å². The van der Waals surface area contributed by atoms with Crippen LogP contribution in [0.25, 0.3) is 0 Å². The molecule has 3 rings (SSSR count). The van der Waals surface area contributed by atoms with Crippen molar-refractivity contribution in [2.75, 3.05) is 39.3 Å². The molecule has 0 saturated carbocycles. The molecular weight excluding hydrogens is 394 g/mol. The number of thiophene rings is 1. The van der Waals surface area contributed by atoms with E-state index in [0.29, 0.717) is 49.4 Å². The van der Waals surface area contributed by atoms with E-state index in [9.17, 15) is 13.2 Å². The van der Waals surface area contributed by atoms with E-state index >= 15 is 0 Å². The van der Waals surface area contributed by atoms with E-state index in [1.165, 1.54) is 21.2 Å². The van der Waals surface area contributed by atoms with E-state index in [1.54, 1.807) is 17.5 Å². The summed E-state index contributed by atoms with van der Waals surface area (Å²) in [4.78, 5) is 13.5. The smallest absolute Gasteiger partial charge is 0.275 e. The van der Waals surface area contributed by atoms with Crippen molar-refractivity contribution in [3.63, 3.8) is 0 Å². The van der Waals surface area contributed by atoms with Gasteiger partial charge in [0.05, 0.1) is 26.2 Å². The lowest BCUT2D eigenvalue weighted by molar-refractivity contribution is -0.895. The number of sulfonamides is 1. The van der Waals surface area contributed by atoms with E-state index in [4.69, 9.17) is 0 Å². The molecule has 1 aromatic carbocycles. The summed E-state index contributed by atoms with van der Waals surface area (Å²) in [5, 5.41) is 4.83. The van der Waals surface area contributed by atoms with Crippen LogP contribution in [0.2, 0.25) is 0 Å². The van der Waals surface area contributed by atoms with E-state index in [0.717, 1.165) is 11.3 Å². The fourth-order valence-corrected chi connectivity index (χ4v) is 6.09. The lowest BCUT2D eigenvalue weighted by Crippen LogP contribution is -3.15. The van der Waals surface area contributed by atoms with E-state index in [1.807, 2.05) is 18.2 Å². The normalized spacial score (nSPS) is 17.3. The number of piperazine rings is 1. The lowest BCUT2D eigenvalue weighted by Gasteiger charge is -2.30. The Balaban J connectivity index is 1.45. The Hall–Kier alpha value is -1.74. The third-order valence-corrected chi connectivity index (χ3v) is 8.51. The molecule has 1 saturated heterocycles. The van der Waals surface area contributed by atoms with Gasteiger partial charge in [0.1, 0.15) is 4.21 Å². The van der Waals surface area contributed by atoms with Crippen LogP contribution in [-0.4, -0.2) is 57.9 Å². The van der Waals surface area contributed by atoms with Crippen molar-refractivity contribution in [3.8, 4) is 0 Å². The maximum Gasteiger partial charge on any atom is 0.275 e. The number of carbonyl (C=O) groups is 1. The zero-order valence-corrected chi connectivity index (χ0v) is 17.8. The molecule has 1 aliphatic rings. The molecule has 2 aromatic rings. The second-order valence-electron chi connectivity index (χ2n) is 7.08. The molecule has 0 spiro atoms. The summed E-state index contributed by atoms with van der Waals surface area (Å²) in [7, 11) is -3.39. The van der Waals surface area contributed by atoms with E-state index in [-0.39, 0.29) is 5.91 Å². The molecule has 1 atom stereocenters. The summed E-state index contributed by atoms with van der Waals surface area (Å²) in [6.45, 7) is 5.34. The van der Waals surface area contributed by atoms with Crippen molar-refractivity contribution in [1.82, 2.24) is 9.62 Å². The molecule has 8 heteroatoms. The second-order valence-corrected chi connectivity index (χ2v) is 10.2. The molecule has 1 aliphatic heterocycles. The standard InChI is InChI=1S/C20H27N3O3S2/c1-2-17(18-7-4-3-5-8-18)15-21-19(24)16-22-10-12-23(13-11-22)28(25,26)20-9-6-14-27-20/h3-9,14,17H,2,10-13,15-16H2,1H3,(H,21,24)/p+1/t17-/m1/s1. The van der Waals surface area contributed by atoms with Gasteiger partial charge in [-0.3, -0.25) is 4.79 Å². The van der Waals surface area contributed by atoms with Crippen molar-refractivity contribution in [3.05, 3.63) is 53.4 Å². The van der Waals surface area contributed by atoms with Crippen LogP contribution in [0.15, 0.2) is 52.1 Å². The fraction of sp³-hybridized carbons (Fsp3) is 0.450. The highest BCUT2D eigenvalue weighted by Gasteiger charge is 2.31. The van der Waals surface area contributed by atoms with Crippen LogP contribution < -0.4 is 10.2 Å². The van der Waals surface area contributed by atoms with Crippen molar-refractivity contribution in [2.24, 2.45) is 0 Å². The molecule has 1 aromatic heterocycles. The van der Waals surface area contributed by atoms with Crippen LogP contribution in [0.5, 0.6) is 0 Å². The molecular formula is C20H28N3O3S2+. The summed E-state index contributed by atoms with van der Waals surface area (Å²) in [5.41, 5.74) is 1.24. The van der Waals surface area contributed by atoms with Crippen LogP contribution in [0.4, 0.5) is 0 Å². The summed E-state index contributed by atoms with van der Waals surface area (Å²) < 4.78 is 27.1. The average molecular weight is 423 g/mol. The number of nitrogens with one attached hydrogen (secondary N) is 2. The number of carbonyl (C=O) groups excluding carboxylic acids is 1. The zero-order chi connectivity index (χ0) is 20.0. The predicted octanol–water partition coefficient (Wildman–Crippen LogP) is 0.947. The number of nitrogens with zero attached hydrogens (tertiary/aromatic N) is 1. The molecule has 0 bridgehead atoms. The molecule has 28 heavy (non-hydrogen) atoms. The molecule has 2 heterocycles. The largest absolute Gasteiger partial charge is 0.351 e. The number of amides is 1. The number of quaternary nitrogens is 1. The second kappa shape index (κ2) is 9.65. The Morgan fingerprint density at radius 2 is 1.89 bits per heavy atom. The molecule has 2 N–H and O–H groups in total. The average Bonchev–Trinajstić information content (AvgIpc) is 3.25. The highest BCUT2D eigenvalue weighted by atomic mass is 32.2. The SMILES string of the molecule is CC[C@H](CNC(=O)C[NH+]1CCN(S(=O)(=O)c2cccs2)CC1)c1ccccc1. The van der Waals surface area contributed by atoms with Crippen molar-refractivity contribution in [2.45, 2.75) is 23.5 Å². The molecule has 152 valence electrons. The number of benzene rings is 1. The first-order valence-electron chi connectivity index (χ1n) is 9.69. The summed E-state index contributed by atoms with van der Waals surface area (Å²) in [6.07, 6.45) is 0.969. The van der Waals surface area contributed by atoms with Crippen LogP contribution in [0.3, 0.4) is 0 Å². The quantitative estimate of drug-likeness (QED) is 0.665. The molecule has 6 nitrogen and oxygen atoms in total. The van der Waals surface area contributed by atoms with Gasteiger partial charge in [-0.2, -0.15) is 4.31 Å². The van der Waals surface area contributed by atoms with Gasteiger partial charge in [-0.1, -0.05) is 43.3 Å². The first kappa shape index (κ1) is 21.0. The Morgan fingerprint density at radius 3 is 2.50 bits per heavy atom.